The van der Waals surface area contributed by atoms with Crippen LogP contribution in [0.2, 0.25) is 0 Å². The van der Waals surface area contributed by atoms with Crippen LogP contribution < -0.4 is 21.5 Å². The van der Waals surface area contributed by atoms with E-state index in [1.807, 2.05) is 18.2 Å². The zero-order chi connectivity index (χ0) is 22.9. The average molecular weight is 450 g/mol. The molecule has 0 bridgehead atoms. The molecule has 2 amide bonds. The molecule has 4 heterocycles. The first-order valence-electron chi connectivity index (χ1n) is 11.1. The van der Waals surface area contributed by atoms with Gasteiger partial charge in [-0.25, -0.2) is 14.8 Å². The van der Waals surface area contributed by atoms with E-state index in [9.17, 15) is 9.59 Å². The van der Waals surface area contributed by atoms with Gasteiger partial charge in [0.05, 0.1) is 30.8 Å². The first-order valence-corrected chi connectivity index (χ1v) is 11.1. The zero-order valence-electron chi connectivity index (χ0n) is 18.5. The molecule has 0 unspecified atom stereocenters. The summed E-state index contributed by atoms with van der Waals surface area (Å²) in [5.74, 6) is 0.477. The largest absolute Gasteiger partial charge is 0.378 e. The molecular weight excluding hydrogens is 422 g/mol. The summed E-state index contributed by atoms with van der Waals surface area (Å²) < 4.78 is 6.88. The fourth-order valence-corrected chi connectivity index (χ4v) is 4.41. The number of morpholine rings is 1. The van der Waals surface area contributed by atoms with Crippen LogP contribution in [0.4, 0.5) is 16.3 Å². The van der Waals surface area contributed by atoms with Crippen LogP contribution in [0.5, 0.6) is 0 Å². The number of fused-ring (bicyclic) bond motifs is 1. The fourth-order valence-electron chi connectivity index (χ4n) is 4.41. The van der Waals surface area contributed by atoms with Gasteiger partial charge in [0.1, 0.15) is 11.2 Å². The third-order valence-electron chi connectivity index (χ3n) is 6.28. The number of likely N-dealkylation sites (tertiary alicyclic amines) is 1. The van der Waals surface area contributed by atoms with E-state index in [1.165, 1.54) is 10.9 Å². The molecule has 10 heteroatoms. The van der Waals surface area contributed by atoms with Crippen molar-refractivity contribution in [3.63, 3.8) is 0 Å². The van der Waals surface area contributed by atoms with E-state index in [0.29, 0.717) is 29.8 Å². The number of aryl methyl sites for hydroxylation is 1. The Hall–Kier alpha value is -3.66. The highest BCUT2D eigenvalue weighted by Crippen LogP contribution is 2.28. The Balaban J connectivity index is 1.50. The molecular formula is C23H27N7O3. The summed E-state index contributed by atoms with van der Waals surface area (Å²) >= 11 is 0. The van der Waals surface area contributed by atoms with Crippen LogP contribution in [0.15, 0.2) is 41.5 Å². The van der Waals surface area contributed by atoms with Crippen molar-refractivity contribution in [3.8, 4) is 11.3 Å². The number of carbonyl (C=O) groups excluding carboxylic acids is 1. The van der Waals surface area contributed by atoms with E-state index < -0.39 is 6.03 Å². The van der Waals surface area contributed by atoms with Crippen molar-refractivity contribution >= 4 is 28.4 Å². The molecule has 0 saturated carbocycles. The Kier molecular flexibility index (Phi) is 5.59. The zero-order valence-corrected chi connectivity index (χ0v) is 18.5. The van der Waals surface area contributed by atoms with Crippen LogP contribution in [-0.2, 0) is 11.8 Å². The van der Waals surface area contributed by atoms with Crippen molar-refractivity contribution in [2.45, 2.75) is 12.5 Å². The number of carbonyl (C=O) groups is 1. The Morgan fingerprint density at radius 2 is 1.94 bits per heavy atom. The topological polar surface area (TPSA) is 119 Å². The smallest absolute Gasteiger partial charge is 0.314 e. The molecule has 0 radical (unpaired) electrons. The van der Waals surface area contributed by atoms with Gasteiger partial charge in [0.15, 0.2) is 0 Å². The molecule has 1 atom stereocenters. The van der Waals surface area contributed by atoms with Crippen molar-refractivity contribution in [1.29, 1.82) is 0 Å². The molecule has 2 fully saturated rings. The van der Waals surface area contributed by atoms with Gasteiger partial charge in [-0.15, -0.1) is 0 Å². The maximum Gasteiger partial charge on any atom is 0.314 e. The Morgan fingerprint density at radius 1 is 1.18 bits per heavy atom. The van der Waals surface area contributed by atoms with E-state index in [1.54, 1.807) is 11.9 Å². The van der Waals surface area contributed by atoms with Gasteiger partial charge in [-0.3, -0.25) is 4.79 Å². The minimum Gasteiger partial charge on any atom is -0.378 e. The van der Waals surface area contributed by atoms with E-state index in [0.717, 1.165) is 49.7 Å². The second-order valence-corrected chi connectivity index (χ2v) is 8.47. The van der Waals surface area contributed by atoms with Gasteiger partial charge < -0.3 is 30.2 Å². The van der Waals surface area contributed by atoms with E-state index in [2.05, 4.69) is 27.3 Å². The van der Waals surface area contributed by atoms with E-state index >= 15 is 0 Å². The Morgan fingerprint density at radius 3 is 2.64 bits per heavy atom. The van der Waals surface area contributed by atoms with Gasteiger partial charge in [0.25, 0.3) is 5.56 Å². The van der Waals surface area contributed by atoms with Crippen molar-refractivity contribution in [1.82, 2.24) is 19.4 Å². The summed E-state index contributed by atoms with van der Waals surface area (Å²) in [6, 6.07) is 9.59. The molecule has 3 N–H and O–H groups in total. The highest BCUT2D eigenvalue weighted by molar-refractivity contribution is 5.91. The summed E-state index contributed by atoms with van der Waals surface area (Å²) in [6.45, 7) is 4.26. The monoisotopic (exact) mass is 449 g/mol. The lowest BCUT2D eigenvalue weighted by Crippen LogP contribution is -2.36. The van der Waals surface area contributed by atoms with Gasteiger partial charge in [-0.2, -0.15) is 0 Å². The highest BCUT2D eigenvalue weighted by atomic mass is 16.5. The number of urea groups is 1. The van der Waals surface area contributed by atoms with Crippen molar-refractivity contribution in [2.75, 3.05) is 49.6 Å². The van der Waals surface area contributed by atoms with Crippen LogP contribution >= 0.6 is 0 Å². The number of benzene rings is 1. The van der Waals surface area contributed by atoms with Crippen molar-refractivity contribution < 1.29 is 9.53 Å². The molecule has 0 spiro atoms. The summed E-state index contributed by atoms with van der Waals surface area (Å²) in [5, 5.41) is 3.81. The number of rotatable bonds is 4. The summed E-state index contributed by atoms with van der Waals surface area (Å²) in [6.07, 6.45) is 2.25. The lowest BCUT2D eigenvalue weighted by atomic mass is 10.1. The minimum atomic E-state index is -0.441. The number of ether oxygens (including phenoxy) is 1. The molecule has 2 aromatic heterocycles. The summed E-state index contributed by atoms with van der Waals surface area (Å²) in [7, 11) is 1.67. The number of anilines is 2. The lowest BCUT2D eigenvalue weighted by molar-refractivity contribution is 0.122. The standard InChI is InChI=1S/C23H27N7O3/c1-28-14-25-19-12-18(15-2-4-17(5-3-15)29-8-10-33-11-9-29)27-21(20(19)22(28)31)26-16-6-7-30(13-16)23(24)32/h2-5,12,14,16H,6-11,13H2,1H3,(H2,24,32)(H,26,27)/t16-/m1/s1. The van der Waals surface area contributed by atoms with Crippen LogP contribution in [0, 0.1) is 0 Å². The summed E-state index contributed by atoms with van der Waals surface area (Å²) in [5.41, 5.74) is 8.63. The van der Waals surface area contributed by atoms with Crippen LogP contribution in [0.3, 0.4) is 0 Å². The van der Waals surface area contributed by atoms with Crippen molar-refractivity contribution in [3.05, 3.63) is 47.0 Å². The normalized spacial score (nSPS) is 18.6. The second-order valence-electron chi connectivity index (χ2n) is 8.47. The molecule has 5 rings (SSSR count). The quantitative estimate of drug-likeness (QED) is 0.618. The molecule has 2 aliphatic heterocycles. The Labute approximate surface area is 191 Å². The number of amides is 2. The summed E-state index contributed by atoms with van der Waals surface area (Å²) in [4.78, 5) is 37.6. The molecule has 172 valence electrons. The predicted molar refractivity (Wildman–Crippen MR) is 126 cm³/mol. The number of hydrogen-bond donors (Lipinski definition) is 2. The van der Waals surface area contributed by atoms with E-state index in [4.69, 9.17) is 15.5 Å². The van der Waals surface area contributed by atoms with Crippen LogP contribution in [0.1, 0.15) is 6.42 Å². The third-order valence-corrected chi connectivity index (χ3v) is 6.28. The number of nitrogens with zero attached hydrogens (tertiary/aromatic N) is 5. The van der Waals surface area contributed by atoms with Gasteiger partial charge in [-0.05, 0) is 24.6 Å². The van der Waals surface area contributed by atoms with Crippen molar-refractivity contribution in [2.24, 2.45) is 12.8 Å². The number of nitrogens with two attached hydrogens (primary N) is 1. The average Bonchev–Trinajstić information content (AvgIpc) is 3.31. The molecule has 1 aromatic carbocycles. The number of primary amides is 1. The lowest BCUT2D eigenvalue weighted by Gasteiger charge is -2.28. The molecule has 10 nitrogen and oxygen atoms in total. The molecule has 2 saturated heterocycles. The van der Waals surface area contributed by atoms with Gasteiger partial charge in [0.2, 0.25) is 0 Å². The van der Waals surface area contributed by atoms with Gasteiger partial charge in [-0.1, -0.05) is 12.1 Å². The maximum atomic E-state index is 12.9. The molecule has 2 aliphatic rings. The van der Waals surface area contributed by atoms with Crippen LogP contribution in [0.25, 0.3) is 22.2 Å². The number of hydrogen-bond acceptors (Lipinski definition) is 7. The molecule has 33 heavy (non-hydrogen) atoms. The van der Waals surface area contributed by atoms with Crippen LogP contribution in [-0.4, -0.2) is 70.9 Å². The maximum absolute atomic E-state index is 12.9. The van der Waals surface area contributed by atoms with Gasteiger partial charge in [0, 0.05) is 50.5 Å². The third kappa shape index (κ3) is 4.21. The Bertz CT molecular complexity index is 1240. The first-order chi connectivity index (χ1) is 16.0. The first kappa shape index (κ1) is 21.2. The SMILES string of the molecule is Cn1cnc2cc(-c3ccc(N4CCOCC4)cc3)nc(N[C@@H]3CCN(C(N)=O)C3)c2c1=O. The highest BCUT2D eigenvalue weighted by Gasteiger charge is 2.26. The number of nitrogens with one attached hydrogen (secondary N) is 1. The molecule has 0 aliphatic carbocycles. The van der Waals surface area contributed by atoms with Gasteiger partial charge >= 0.3 is 6.03 Å². The molecule has 3 aromatic rings. The predicted octanol–water partition coefficient (Wildman–Crippen LogP) is 1.40. The van der Waals surface area contributed by atoms with E-state index in [-0.39, 0.29) is 11.6 Å². The number of pyridine rings is 1. The number of aromatic nitrogens is 3. The fraction of sp³-hybridized carbons (Fsp3) is 0.391. The minimum absolute atomic E-state index is 0.0444. The second kappa shape index (κ2) is 8.70.